The van der Waals surface area contributed by atoms with Gasteiger partial charge in [-0.1, -0.05) is 6.07 Å². The number of phenolic OH excluding ortho intramolecular Hbond substituents is 1. The Bertz CT molecular complexity index is 917. The molecule has 2 N–H and O–H groups in total. The summed E-state index contributed by atoms with van der Waals surface area (Å²) in [5.74, 6) is 0.0151. The molecule has 1 aromatic heterocycles. The van der Waals surface area contributed by atoms with Gasteiger partial charge in [-0.05, 0) is 53.5 Å². The molecule has 0 saturated heterocycles. The second-order valence-electron chi connectivity index (χ2n) is 5.73. The summed E-state index contributed by atoms with van der Waals surface area (Å²) in [6.45, 7) is 0.410. The lowest BCUT2D eigenvalue weighted by Gasteiger charge is -2.06. The Kier molecular flexibility index (Phi) is 3.48. The van der Waals surface area contributed by atoms with Crippen LogP contribution in [0.2, 0.25) is 0 Å². The summed E-state index contributed by atoms with van der Waals surface area (Å²) in [6.07, 6.45) is 3.55. The summed E-state index contributed by atoms with van der Waals surface area (Å²) in [4.78, 5) is 12.5. The minimum atomic E-state index is -0.895. The topological polar surface area (TPSA) is 71.7 Å². The molecule has 0 bridgehead atoms. The molecule has 0 atom stereocenters. The van der Waals surface area contributed by atoms with E-state index in [1.807, 2.05) is 22.8 Å². The maximum absolute atomic E-state index is 12.5. The monoisotopic (exact) mass is 319 g/mol. The number of carbonyl (C=O) groups excluding carboxylic acids is 1. The van der Waals surface area contributed by atoms with Gasteiger partial charge in [0.2, 0.25) is 0 Å². The molecule has 0 radical (unpaired) electrons. The van der Waals surface area contributed by atoms with E-state index in [0.717, 1.165) is 16.7 Å². The number of ketones is 1. The summed E-state index contributed by atoms with van der Waals surface area (Å²) in [7, 11) is -0.895. The van der Waals surface area contributed by atoms with E-state index in [0.29, 0.717) is 17.7 Å². The zero-order chi connectivity index (χ0) is 16.7. The number of hydrogen-bond donors (Lipinski definition) is 2. The van der Waals surface area contributed by atoms with E-state index in [1.165, 1.54) is 12.1 Å². The fourth-order valence-electron chi connectivity index (χ4n) is 2.83. The number of benzene rings is 2. The summed E-state index contributed by atoms with van der Waals surface area (Å²) in [5, 5.41) is 19.1. The molecule has 0 aliphatic carbocycles. The number of carbonyl (C=O) groups is 1. The normalized spacial score (nSPS) is 13.1. The SMILES string of the molecule is O=C(c1ccc(O)cc1)c1ccn(-c2ccc3c(c2)B(O)OC3)c1. The highest BCUT2D eigenvalue weighted by Crippen LogP contribution is 2.18. The van der Waals surface area contributed by atoms with E-state index >= 15 is 0 Å². The van der Waals surface area contributed by atoms with Gasteiger partial charge in [0.25, 0.3) is 0 Å². The Morgan fingerprint density at radius 3 is 2.67 bits per heavy atom. The van der Waals surface area contributed by atoms with Crippen LogP contribution in [0.4, 0.5) is 0 Å². The van der Waals surface area contributed by atoms with Crippen LogP contribution in [0.1, 0.15) is 21.5 Å². The summed E-state index contributed by atoms with van der Waals surface area (Å²) in [6, 6.07) is 13.6. The van der Waals surface area contributed by atoms with Gasteiger partial charge in [0, 0.05) is 29.2 Å². The van der Waals surface area contributed by atoms with Crippen LogP contribution in [-0.2, 0) is 11.3 Å². The van der Waals surface area contributed by atoms with Crippen LogP contribution in [0.15, 0.2) is 60.9 Å². The lowest BCUT2D eigenvalue weighted by atomic mass is 9.79. The molecule has 118 valence electrons. The van der Waals surface area contributed by atoms with Crippen molar-refractivity contribution < 1.29 is 19.6 Å². The van der Waals surface area contributed by atoms with Gasteiger partial charge >= 0.3 is 7.12 Å². The third kappa shape index (κ3) is 2.52. The Labute approximate surface area is 138 Å². The first-order valence-electron chi connectivity index (χ1n) is 7.56. The Morgan fingerprint density at radius 1 is 1.08 bits per heavy atom. The van der Waals surface area contributed by atoms with Crippen molar-refractivity contribution in [3.05, 3.63) is 77.6 Å². The van der Waals surface area contributed by atoms with Crippen LogP contribution in [0.25, 0.3) is 5.69 Å². The molecule has 3 aromatic rings. The van der Waals surface area contributed by atoms with Gasteiger partial charge in [0.15, 0.2) is 5.78 Å². The highest BCUT2D eigenvalue weighted by Gasteiger charge is 2.27. The first kappa shape index (κ1) is 14.7. The summed E-state index contributed by atoms with van der Waals surface area (Å²) >= 11 is 0. The predicted molar refractivity (Wildman–Crippen MR) is 89.7 cm³/mol. The van der Waals surface area contributed by atoms with E-state index in [2.05, 4.69) is 0 Å². The summed E-state index contributed by atoms with van der Waals surface area (Å²) < 4.78 is 7.03. The number of fused-ring (bicyclic) bond motifs is 1. The molecule has 1 aliphatic rings. The number of nitrogens with zero attached hydrogens (tertiary/aromatic N) is 1. The molecule has 0 fully saturated rings. The van der Waals surface area contributed by atoms with E-state index in [1.54, 1.807) is 30.6 Å². The summed E-state index contributed by atoms with van der Waals surface area (Å²) in [5.41, 5.74) is 3.65. The second-order valence-corrected chi connectivity index (χ2v) is 5.73. The van der Waals surface area contributed by atoms with E-state index < -0.39 is 7.12 Å². The van der Waals surface area contributed by atoms with Crippen molar-refractivity contribution >= 4 is 18.4 Å². The lowest BCUT2D eigenvalue weighted by Crippen LogP contribution is -2.28. The van der Waals surface area contributed by atoms with Gasteiger partial charge in [-0.2, -0.15) is 0 Å². The average Bonchev–Trinajstić information content (AvgIpc) is 3.22. The van der Waals surface area contributed by atoms with E-state index in [-0.39, 0.29) is 11.5 Å². The quantitative estimate of drug-likeness (QED) is 0.569. The van der Waals surface area contributed by atoms with Crippen molar-refractivity contribution in [3.8, 4) is 11.4 Å². The van der Waals surface area contributed by atoms with Gasteiger partial charge in [0.1, 0.15) is 5.75 Å². The Hall–Kier alpha value is -2.83. The van der Waals surface area contributed by atoms with Crippen molar-refractivity contribution in [2.75, 3.05) is 0 Å². The van der Waals surface area contributed by atoms with Crippen molar-refractivity contribution in [2.45, 2.75) is 6.61 Å². The highest BCUT2D eigenvalue weighted by molar-refractivity contribution is 6.61. The van der Waals surface area contributed by atoms with Gasteiger partial charge in [0.05, 0.1) is 6.61 Å². The molecule has 0 spiro atoms. The molecule has 5 nitrogen and oxygen atoms in total. The van der Waals surface area contributed by atoms with Crippen molar-refractivity contribution in [2.24, 2.45) is 0 Å². The molecule has 6 heteroatoms. The first-order chi connectivity index (χ1) is 11.6. The van der Waals surface area contributed by atoms with Gasteiger partial charge in [-0.3, -0.25) is 4.79 Å². The van der Waals surface area contributed by atoms with Crippen LogP contribution < -0.4 is 5.46 Å². The Morgan fingerprint density at radius 2 is 1.88 bits per heavy atom. The predicted octanol–water partition coefficient (Wildman–Crippen LogP) is 1.63. The third-order valence-corrected chi connectivity index (χ3v) is 4.17. The zero-order valence-corrected chi connectivity index (χ0v) is 12.7. The lowest BCUT2D eigenvalue weighted by molar-refractivity contribution is 0.103. The highest BCUT2D eigenvalue weighted by atomic mass is 16.5. The number of aromatic hydroxyl groups is 1. The largest absolute Gasteiger partial charge is 0.508 e. The molecule has 2 heterocycles. The molecule has 0 saturated carbocycles. The zero-order valence-electron chi connectivity index (χ0n) is 12.7. The first-order valence-corrected chi connectivity index (χ1v) is 7.56. The van der Waals surface area contributed by atoms with E-state index in [4.69, 9.17) is 4.65 Å². The smallest absolute Gasteiger partial charge is 0.491 e. The minimum absolute atomic E-state index is 0.113. The fourth-order valence-corrected chi connectivity index (χ4v) is 2.83. The minimum Gasteiger partial charge on any atom is -0.508 e. The van der Waals surface area contributed by atoms with Gasteiger partial charge in [-0.15, -0.1) is 0 Å². The van der Waals surface area contributed by atoms with Crippen LogP contribution >= 0.6 is 0 Å². The number of rotatable bonds is 3. The van der Waals surface area contributed by atoms with Crippen molar-refractivity contribution in [3.63, 3.8) is 0 Å². The van der Waals surface area contributed by atoms with Gasteiger partial charge < -0.3 is 19.4 Å². The fraction of sp³-hybridized carbons (Fsp3) is 0.0556. The van der Waals surface area contributed by atoms with Crippen molar-refractivity contribution in [1.29, 1.82) is 0 Å². The number of aromatic nitrogens is 1. The second kappa shape index (κ2) is 5.67. The standard InChI is InChI=1S/C18H14BNO4/c21-16-5-2-12(3-6-16)18(22)13-7-8-20(10-13)15-4-1-14-11-24-19(23)17(14)9-15/h1-10,21,23H,11H2. The third-order valence-electron chi connectivity index (χ3n) is 4.17. The van der Waals surface area contributed by atoms with Crippen molar-refractivity contribution in [1.82, 2.24) is 4.57 Å². The molecular formula is C18H14BNO4. The van der Waals surface area contributed by atoms with Gasteiger partial charge in [-0.25, -0.2) is 0 Å². The Balaban J connectivity index is 1.64. The van der Waals surface area contributed by atoms with E-state index in [9.17, 15) is 14.9 Å². The molecule has 0 unspecified atom stereocenters. The molecule has 0 amide bonds. The van der Waals surface area contributed by atoms with Crippen LogP contribution in [-0.4, -0.2) is 27.6 Å². The number of hydrogen-bond acceptors (Lipinski definition) is 4. The molecule has 1 aliphatic heterocycles. The molecular weight excluding hydrogens is 305 g/mol. The maximum atomic E-state index is 12.5. The van der Waals surface area contributed by atoms with Crippen LogP contribution in [0.5, 0.6) is 5.75 Å². The molecule has 24 heavy (non-hydrogen) atoms. The average molecular weight is 319 g/mol. The van der Waals surface area contributed by atoms with Crippen LogP contribution in [0, 0.1) is 0 Å². The number of phenols is 1. The van der Waals surface area contributed by atoms with Crippen LogP contribution in [0.3, 0.4) is 0 Å². The maximum Gasteiger partial charge on any atom is 0.491 e. The molecule has 4 rings (SSSR count). The molecule has 2 aromatic carbocycles.